The van der Waals surface area contributed by atoms with Gasteiger partial charge in [0, 0.05) is 20.6 Å². The van der Waals surface area contributed by atoms with E-state index >= 15 is 0 Å². The Morgan fingerprint density at radius 2 is 1.56 bits per heavy atom. The Morgan fingerprint density at radius 3 is 2.22 bits per heavy atom. The van der Waals surface area contributed by atoms with E-state index in [9.17, 15) is 19.2 Å². The summed E-state index contributed by atoms with van der Waals surface area (Å²) in [6, 6.07) is 0. The number of aromatic amines is 3. The number of hydrogen-bond donors (Lipinski definition) is 3. The topological polar surface area (TPSA) is 156 Å². The van der Waals surface area contributed by atoms with Crippen LogP contribution in [0.1, 0.15) is 13.3 Å². The van der Waals surface area contributed by atoms with Crippen molar-refractivity contribution in [1.82, 2.24) is 38.6 Å². The molecule has 0 saturated heterocycles. The van der Waals surface area contributed by atoms with Gasteiger partial charge in [-0.15, -0.1) is 0 Å². The zero-order chi connectivity index (χ0) is 19.7. The number of imidazole rings is 2. The van der Waals surface area contributed by atoms with E-state index in [0.717, 1.165) is 11.0 Å². The summed E-state index contributed by atoms with van der Waals surface area (Å²) in [5.41, 5.74) is -0.0529. The summed E-state index contributed by atoms with van der Waals surface area (Å²) in [6.07, 6.45) is 3.62. The van der Waals surface area contributed by atoms with Crippen LogP contribution in [0.5, 0.6) is 0 Å². The van der Waals surface area contributed by atoms with Crippen LogP contribution in [-0.2, 0) is 20.6 Å². The van der Waals surface area contributed by atoms with Crippen LogP contribution in [0.2, 0.25) is 0 Å². The zero-order valence-corrected chi connectivity index (χ0v) is 14.9. The number of aryl methyl sites for hydroxylation is 2. The first-order valence-corrected chi connectivity index (χ1v) is 8.12. The fourth-order valence-electron chi connectivity index (χ4n) is 2.68. The monoisotopic (exact) mass is 374 g/mol. The first kappa shape index (κ1) is 18.1. The molecule has 4 rings (SSSR count). The summed E-state index contributed by atoms with van der Waals surface area (Å²) >= 11 is 0. The maximum Gasteiger partial charge on any atom is 0.332 e. The normalized spacial score (nSPS) is 10.9. The van der Waals surface area contributed by atoms with Gasteiger partial charge in [-0.2, -0.15) is 0 Å². The molecule has 0 saturated carbocycles. The summed E-state index contributed by atoms with van der Waals surface area (Å²) in [5, 5.41) is 0. The molecule has 3 N–H and O–H groups in total. The molecular weight excluding hydrogens is 356 g/mol. The molecule has 4 aromatic heterocycles. The molecule has 0 amide bonds. The van der Waals surface area contributed by atoms with E-state index in [2.05, 4.69) is 24.9 Å². The van der Waals surface area contributed by atoms with E-state index in [4.69, 9.17) is 0 Å². The van der Waals surface area contributed by atoms with Crippen molar-refractivity contribution < 1.29 is 0 Å². The molecule has 0 aliphatic carbocycles. The number of hydrogen-bond acceptors (Lipinski definition) is 6. The molecule has 142 valence electrons. The quantitative estimate of drug-likeness (QED) is 0.399. The molecule has 27 heavy (non-hydrogen) atoms. The molecule has 4 aromatic rings. The number of rotatable bonds is 2. The van der Waals surface area contributed by atoms with Crippen molar-refractivity contribution in [1.29, 1.82) is 0 Å². The Hall–Kier alpha value is -3.70. The third-order valence-electron chi connectivity index (χ3n) is 4.04. The summed E-state index contributed by atoms with van der Waals surface area (Å²) in [7, 11) is 3.01. The van der Waals surface area contributed by atoms with Gasteiger partial charge in [0.05, 0.1) is 12.7 Å². The van der Waals surface area contributed by atoms with Crippen molar-refractivity contribution in [3.05, 3.63) is 54.3 Å². The van der Waals surface area contributed by atoms with E-state index in [1.807, 2.05) is 6.92 Å². The number of fused-ring (bicyclic) bond motifs is 2. The SMILES string of the molecule is CCCn1c(=O)[nH]c(=O)c2[nH]cnc21.Cn1c(=O)c2[nH]cnc2n(C)c1=O. The van der Waals surface area contributed by atoms with E-state index in [1.165, 1.54) is 28.8 Å². The standard InChI is InChI=1S/C8H10N4O2.C7H8N4O2/c1-2-3-12-6-5(9-4-10-6)7(13)11-8(12)14;1-10-5-4(8-3-9-5)6(12)11(2)7(10)13/h4H,2-3H2,1H3,(H,9,10)(H,11,13,14);3H,1-2H3,(H,8,9). The molecule has 0 aliphatic heterocycles. The van der Waals surface area contributed by atoms with Crippen molar-refractivity contribution in [2.45, 2.75) is 19.9 Å². The van der Waals surface area contributed by atoms with Crippen LogP contribution in [0.3, 0.4) is 0 Å². The van der Waals surface area contributed by atoms with E-state index in [1.54, 1.807) is 7.05 Å². The van der Waals surface area contributed by atoms with Gasteiger partial charge in [-0.1, -0.05) is 6.92 Å². The predicted octanol–water partition coefficient (Wildman–Crippen LogP) is -1.22. The number of nitrogens with one attached hydrogen (secondary N) is 3. The van der Waals surface area contributed by atoms with Gasteiger partial charge in [-0.05, 0) is 6.42 Å². The number of aromatic nitrogens is 8. The van der Waals surface area contributed by atoms with Gasteiger partial charge in [-0.25, -0.2) is 19.6 Å². The van der Waals surface area contributed by atoms with Crippen LogP contribution in [0.25, 0.3) is 22.3 Å². The summed E-state index contributed by atoms with van der Waals surface area (Å²) in [6.45, 7) is 2.51. The second-order valence-electron chi connectivity index (χ2n) is 5.82. The van der Waals surface area contributed by atoms with Crippen LogP contribution in [-0.4, -0.2) is 38.6 Å². The number of nitrogens with zero attached hydrogens (tertiary/aromatic N) is 5. The van der Waals surface area contributed by atoms with Crippen LogP contribution in [0, 0.1) is 0 Å². The molecule has 0 bridgehead atoms. The Morgan fingerprint density at radius 1 is 0.926 bits per heavy atom. The summed E-state index contributed by atoms with van der Waals surface area (Å²) in [4.78, 5) is 60.9. The molecule has 4 heterocycles. The van der Waals surface area contributed by atoms with Gasteiger partial charge in [0.1, 0.15) is 11.0 Å². The fraction of sp³-hybridized carbons (Fsp3) is 0.333. The lowest BCUT2D eigenvalue weighted by atomic mass is 10.4. The fourth-order valence-corrected chi connectivity index (χ4v) is 2.68. The average molecular weight is 374 g/mol. The van der Waals surface area contributed by atoms with E-state index in [0.29, 0.717) is 28.9 Å². The molecule has 0 fully saturated rings. The molecule has 0 unspecified atom stereocenters. The minimum absolute atomic E-state index is 0.345. The molecule has 0 spiro atoms. The van der Waals surface area contributed by atoms with Crippen molar-refractivity contribution in [2.24, 2.45) is 14.1 Å². The minimum Gasteiger partial charge on any atom is -0.339 e. The Labute approximate surface area is 150 Å². The first-order valence-electron chi connectivity index (χ1n) is 8.12. The first-order chi connectivity index (χ1) is 12.9. The zero-order valence-electron chi connectivity index (χ0n) is 14.9. The summed E-state index contributed by atoms with van der Waals surface area (Å²) in [5.74, 6) is 0. The largest absolute Gasteiger partial charge is 0.339 e. The molecule has 12 nitrogen and oxygen atoms in total. The van der Waals surface area contributed by atoms with Crippen molar-refractivity contribution in [2.75, 3.05) is 0 Å². The predicted molar refractivity (Wildman–Crippen MR) is 97.8 cm³/mol. The van der Waals surface area contributed by atoms with Gasteiger partial charge in [0.25, 0.3) is 11.1 Å². The van der Waals surface area contributed by atoms with E-state index < -0.39 is 11.2 Å². The highest BCUT2D eigenvalue weighted by molar-refractivity contribution is 5.69. The third-order valence-corrected chi connectivity index (χ3v) is 4.04. The van der Waals surface area contributed by atoms with Gasteiger partial charge in [0.15, 0.2) is 11.3 Å². The Bertz CT molecular complexity index is 1350. The van der Waals surface area contributed by atoms with Crippen LogP contribution in [0.4, 0.5) is 0 Å². The molecule has 12 heteroatoms. The highest BCUT2D eigenvalue weighted by atomic mass is 16.2. The number of H-pyrrole nitrogens is 3. The lowest BCUT2D eigenvalue weighted by Gasteiger charge is -2.02. The second kappa shape index (κ2) is 6.90. The molecule has 0 atom stereocenters. The Kier molecular flexibility index (Phi) is 4.62. The highest BCUT2D eigenvalue weighted by Gasteiger charge is 2.09. The van der Waals surface area contributed by atoms with Crippen molar-refractivity contribution in [3.8, 4) is 0 Å². The average Bonchev–Trinajstić information content (AvgIpc) is 3.32. The van der Waals surface area contributed by atoms with Crippen LogP contribution >= 0.6 is 0 Å². The van der Waals surface area contributed by atoms with Gasteiger partial charge in [0.2, 0.25) is 0 Å². The van der Waals surface area contributed by atoms with Gasteiger partial charge >= 0.3 is 11.4 Å². The lowest BCUT2D eigenvalue weighted by molar-refractivity contribution is 0.652. The maximum absolute atomic E-state index is 11.4. The smallest absolute Gasteiger partial charge is 0.332 e. The second-order valence-corrected chi connectivity index (χ2v) is 5.82. The third kappa shape index (κ3) is 3.01. The maximum atomic E-state index is 11.4. The molecule has 0 aliphatic rings. The minimum atomic E-state index is -0.421. The molecule has 0 radical (unpaired) electrons. The summed E-state index contributed by atoms with van der Waals surface area (Å²) < 4.78 is 3.82. The molecular formula is C15H18N8O4. The van der Waals surface area contributed by atoms with Crippen molar-refractivity contribution >= 4 is 22.3 Å². The highest BCUT2D eigenvalue weighted by Crippen LogP contribution is 2.00. The molecule has 0 aromatic carbocycles. The Balaban J connectivity index is 0.000000156. The van der Waals surface area contributed by atoms with Crippen LogP contribution in [0.15, 0.2) is 31.8 Å². The lowest BCUT2D eigenvalue weighted by Crippen LogP contribution is -2.36. The van der Waals surface area contributed by atoms with Crippen molar-refractivity contribution in [3.63, 3.8) is 0 Å². The van der Waals surface area contributed by atoms with Gasteiger partial charge in [-0.3, -0.25) is 28.3 Å². The van der Waals surface area contributed by atoms with E-state index in [-0.39, 0.29) is 11.2 Å². The van der Waals surface area contributed by atoms with Crippen LogP contribution < -0.4 is 22.5 Å². The van der Waals surface area contributed by atoms with Gasteiger partial charge < -0.3 is 9.97 Å².